The zero-order chi connectivity index (χ0) is 11.5. The summed E-state index contributed by atoms with van der Waals surface area (Å²) in [6.45, 7) is 0. The molecule has 0 saturated carbocycles. The molecule has 3 nitrogen and oxygen atoms in total. The van der Waals surface area contributed by atoms with Crippen molar-refractivity contribution in [2.75, 3.05) is 0 Å². The van der Waals surface area contributed by atoms with Crippen molar-refractivity contribution in [2.45, 2.75) is 18.6 Å². The average Bonchev–Trinajstić information content (AvgIpc) is 2.14. The fraction of sp³-hybridized carbons (Fsp3) is 0.375. The molecule has 0 aliphatic heterocycles. The van der Waals surface area contributed by atoms with Gasteiger partial charge in [-0.05, 0) is 6.07 Å². The van der Waals surface area contributed by atoms with Crippen LogP contribution in [0.15, 0.2) is 18.5 Å². The number of hydrazine groups is 1. The topological polar surface area (TPSA) is 50.9 Å². The maximum absolute atomic E-state index is 13.1. The standard InChI is InChI=1S/C8H9F4N3/c9-6-4-14-2-1-5(6)7(15-13)3-8(10,11)12/h1-2,4,7,15H,3,13H2. The predicted octanol–water partition coefficient (Wildman–Crippen LogP) is 1.68. The van der Waals surface area contributed by atoms with Crippen LogP contribution in [0.25, 0.3) is 0 Å². The number of hydrogen-bond donors (Lipinski definition) is 2. The van der Waals surface area contributed by atoms with Gasteiger partial charge in [0.05, 0.1) is 18.7 Å². The van der Waals surface area contributed by atoms with E-state index in [0.717, 1.165) is 12.3 Å². The highest BCUT2D eigenvalue weighted by Gasteiger charge is 2.33. The first-order valence-electron chi connectivity index (χ1n) is 4.06. The summed E-state index contributed by atoms with van der Waals surface area (Å²) >= 11 is 0. The third-order valence-corrected chi connectivity index (χ3v) is 1.82. The predicted molar refractivity (Wildman–Crippen MR) is 44.9 cm³/mol. The van der Waals surface area contributed by atoms with Gasteiger partial charge in [-0.25, -0.2) is 4.39 Å². The molecular weight excluding hydrogens is 214 g/mol. The Morgan fingerprint density at radius 1 is 1.47 bits per heavy atom. The van der Waals surface area contributed by atoms with Crippen molar-refractivity contribution < 1.29 is 17.6 Å². The van der Waals surface area contributed by atoms with E-state index in [-0.39, 0.29) is 5.56 Å². The molecule has 1 aromatic rings. The third kappa shape index (κ3) is 3.45. The van der Waals surface area contributed by atoms with Crippen molar-refractivity contribution in [2.24, 2.45) is 5.84 Å². The number of nitrogens with two attached hydrogens (primary N) is 1. The van der Waals surface area contributed by atoms with Gasteiger partial charge in [0.25, 0.3) is 0 Å². The van der Waals surface area contributed by atoms with E-state index in [4.69, 9.17) is 5.84 Å². The van der Waals surface area contributed by atoms with Gasteiger partial charge in [0.15, 0.2) is 0 Å². The Labute approximate surface area is 83.3 Å². The Bertz CT molecular complexity index is 326. The fourth-order valence-electron chi connectivity index (χ4n) is 1.16. The number of nitrogens with one attached hydrogen (secondary N) is 1. The molecule has 1 atom stereocenters. The van der Waals surface area contributed by atoms with E-state index in [0.29, 0.717) is 0 Å². The lowest BCUT2D eigenvalue weighted by atomic mass is 10.1. The summed E-state index contributed by atoms with van der Waals surface area (Å²) < 4.78 is 49.3. The average molecular weight is 223 g/mol. The third-order valence-electron chi connectivity index (χ3n) is 1.82. The van der Waals surface area contributed by atoms with Crippen LogP contribution in [-0.2, 0) is 0 Å². The van der Waals surface area contributed by atoms with Crippen LogP contribution < -0.4 is 11.3 Å². The summed E-state index contributed by atoms with van der Waals surface area (Å²) in [5.41, 5.74) is 1.78. The van der Waals surface area contributed by atoms with Crippen molar-refractivity contribution in [3.8, 4) is 0 Å². The smallest absolute Gasteiger partial charge is 0.271 e. The first-order chi connectivity index (χ1) is 6.94. The molecule has 0 saturated heterocycles. The Hall–Kier alpha value is -1.21. The molecule has 0 aliphatic rings. The minimum absolute atomic E-state index is 0.148. The lowest BCUT2D eigenvalue weighted by Crippen LogP contribution is -2.32. The van der Waals surface area contributed by atoms with Crippen LogP contribution in [0.2, 0.25) is 0 Å². The molecule has 0 fully saturated rings. The molecule has 0 aromatic carbocycles. The van der Waals surface area contributed by atoms with Gasteiger partial charge in [-0.1, -0.05) is 0 Å². The number of alkyl halides is 3. The molecule has 0 radical (unpaired) electrons. The fourth-order valence-corrected chi connectivity index (χ4v) is 1.16. The van der Waals surface area contributed by atoms with Crippen LogP contribution in [0, 0.1) is 5.82 Å². The Kier molecular flexibility index (Phi) is 3.59. The van der Waals surface area contributed by atoms with Crippen molar-refractivity contribution >= 4 is 0 Å². The summed E-state index contributed by atoms with van der Waals surface area (Å²) in [6.07, 6.45) is -3.59. The molecule has 0 spiro atoms. The highest BCUT2D eigenvalue weighted by Crippen LogP contribution is 2.29. The van der Waals surface area contributed by atoms with Gasteiger partial charge >= 0.3 is 6.18 Å². The summed E-state index contributed by atoms with van der Waals surface area (Å²) in [4.78, 5) is 3.43. The molecule has 1 aromatic heterocycles. The second-order valence-electron chi connectivity index (χ2n) is 2.94. The molecule has 84 valence electrons. The molecule has 15 heavy (non-hydrogen) atoms. The summed E-state index contributed by atoms with van der Waals surface area (Å²) in [7, 11) is 0. The van der Waals surface area contributed by atoms with Crippen LogP contribution >= 0.6 is 0 Å². The van der Waals surface area contributed by atoms with Crippen LogP contribution in [0.5, 0.6) is 0 Å². The van der Waals surface area contributed by atoms with E-state index < -0.39 is 24.5 Å². The van der Waals surface area contributed by atoms with E-state index in [1.54, 1.807) is 0 Å². The molecule has 7 heteroatoms. The van der Waals surface area contributed by atoms with E-state index >= 15 is 0 Å². The van der Waals surface area contributed by atoms with E-state index in [9.17, 15) is 17.6 Å². The largest absolute Gasteiger partial charge is 0.390 e. The first kappa shape index (κ1) is 11.9. The number of nitrogens with zero attached hydrogens (tertiary/aromatic N) is 1. The molecule has 1 unspecified atom stereocenters. The summed E-state index contributed by atoms with van der Waals surface area (Å²) in [5, 5.41) is 0. The Balaban J connectivity index is 2.88. The number of rotatable bonds is 3. The van der Waals surface area contributed by atoms with E-state index in [1.165, 1.54) is 6.20 Å². The van der Waals surface area contributed by atoms with Crippen molar-refractivity contribution in [3.05, 3.63) is 29.8 Å². The van der Waals surface area contributed by atoms with Gasteiger partial charge in [-0.2, -0.15) is 13.2 Å². The highest BCUT2D eigenvalue weighted by atomic mass is 19.4. The molecular formula is C8H9F4N3. The molecule has 0 amide bonds. The molecule has 3 N–H and O–H groups in total. The second kappa shape index (κ2) is 4.54. The minimum atomic E-state index is -4.41. The van der Waals surface area contributed by atoms with Gasteiger partial charge in [0.1, 0.15) is 5.82 Å². The Morgan fingerprint density at radius 3 is 2.60 bits per heavy atom. The van der Waals surface area contributed by atoms with E-state index in [1.807, 2.05) is 5.43 Å². The molecule has 1 heterocycles. The maximum Gasteiger partial charge on any atom is 0.390 e. The van der Waals surface area contributed by atoms with E-state index in [2.05, 4.69) is 4.98 Å². The van der Waals surface area contributed by atoms with Crippen molar-refractivity contribution in [1.82, 2.24) is 10.4 Å². The molecule has 0 bridgehead atoms. The minimum Gasteiger partial charge on any atom is -0.271 e. The molecule has 1 rings (SSSR count). The zero-order valence-electron chi connectivity index (χ0n) is 7.55. The molecule has 0 aliphatic carbocycles. The number of hydrogen-bond acceptors (Lipinski definition) is 3. The van der Waals surface area contributed by atoms with Gasteiger partial charge in [-0.3, -0.25) is 16.3 Å². The monoisotopic (exact) mass is 223 g/mol. The second-order valence-corrected chi connectivity index (χ2v) is 2.94. The van der Waals surface area contributed by atoms with Crippen LogP contribution in [0.1, 0.15) is 18.0 Å². The quantitative estimate of drug-likeness (QED) is 0.465. The number of aromatic nitrogens is 1. The first-order valence-corrected chi connectivity index (χ1v) is 4.06. The van der Waals surface area contributed by atoms with Crippen LogP contribution in [0.3, 0.4) is 0 Å². The van der Waals surface area contributed by atoms with Gasteiger partial charge < -0.3 is 0 Å². The van der Waals surface area contributed by atoms with Gasteiger partial charge in [0.2, 0.25) is 0 Å². The lowest BCUT2D eigenvalue weighted by Gasteiger charge is -2.18. The lowest BCUT2D eigenvalue weighted by molar-refractivity contribution is -0.140. The summed E-state index contributed by atoms with van der Waals surface area (Å²) in [5.74, 6) is 4.13. The van der Waals surface area contributed by atoms with Crippen LogP contribution in [-0.4, -0.2) is 11.2 Å². The summed E-state index contributed by atoms with van der Waals surface area (Å²) in [6, 6.07) is -0.140. The zero-order valence-corrected chi connectivity index (χ0v) is 7.55. The number of halogens is 4. The van der Waals surface area contributed by atoms with Crippen molar-refractivity contribution in [1.29, 1.82) is 0 Å². The highest BCUT2D eigenvalue weighted by molar-refractivity contribution is 5.17. The number of pyridine rings is 1. The normalized spacial score (nSPS) is 13.9. The SMILES string of the molecule is NNC(CC(F)(F)F)c1ccncc1F. The van der Waals surface area contributed by atoms with Crippen LogP contribution in [0.4, 0.5) is 17.6 Å². The Morgan fingerprint density at radius 2 is 2.13 bits per heavy atom. The van der Waals surface area contributed by atoms with Crippen molar-refractivity contribution in [3.63, 3.8) is 0 Å². The van der Waals surface area contributed by atoms with Gasteiger partial charge in [0, 0.05) is 11.8 Å². The van der Waals surface area contributed by atoms with Gasteiger partial charge in [-0.15, -0.1) is 0 Å². The maximum atomic E-state index is 13.1.